The van der Waals surface area contributed by atoms with Crippen molar-refractivity contribution in [2.24, 2.45) is 10.1 Å². The Labute approximate surface area is 208 Å². The number of rotatable bonds is 5. The molecule has 0 aliphatic carbocycles. The molecule has 0 fully saturated rings. The Hall–Kier alpha value is -4.24. The standard InChI is InChI=1S/C27H19F3N4OS/c1-35-23-10-8-22(9-11-23)33-26-34(32-16-18-7-12-24-19(14-18)5-3-13-31-24)25(17-36-26)20-4-2-6-21(15-20)27(28,29)30/h2-17H,1H3. The van der Waals surface area contributed by atoms with E-state index in [9.17, 15) is 13.2 Å². The number of fused-ring (bicyclic) bond motifs is 1. The second-order valence-corrected chi connectivity index (χ2v) is 8.64. The van der Waals surface area contributed by atoms with Crippen LogP contribution >= 0.6 is 11.3 Å². The highest BCUT2D eigenvalue weighted by Crippen LogP contribution is 2.32. The average molecular weight is 505 g/mol. The van der Waals surface area contributed by atoms with Crippen LogP contribution in [0.3, 0.4) is 0 Å². The number of nitrogens with zero attached hydrogens (tertiary/aromatic N) is 4. The number of benzene rings is 3. The molecule has 180 valence electrons. The molecule has 36 heavy (non-hydrogen) atoms. The molecule has 0 radical (unpaired) electrons. The number of methoxy groups -OCH3 is 1. The number of hydrogen-bond acceptors (Lipinski definition) is 5. The maximum Gasteiger partial charge on any atom is 0.416 e. The fraction of sp³-hybridized carbons (Fsp3) is 0.0741. The maximum absolute atomic E-state index is 13.4. The summed E-state index contributed by atoms with van der Waals surface area (Å²) in [6.45, 7) is 0. The molecule has 9 heteroatoms. The number of ether oxygens (including phenoxy) is 1. The van der Waals surface area contributed by atoms with E-state index in [2.05, 4.69) is 15.1 Å². The molecule has 0 spiro atoms. The van der Waals surface area contributed by atoms with E-state index in [1.807, 2.05) is 30.3 Å². The Morgan fingerprint density at radius 3 is 2.58 bits per heavy atom. The quantitative estimate of drug-likeness (QED) is 0.244. The molecule has 0 saturated heterocycles. The number of aromatic nitrogens is 2. The molecule has 0 N–H and O–H groups in total. The van der Waals surface area contributed by atoms with Crippen LogP contribution in [-0.2, 0) is 6.18 Å². The molecule has 0 saturated carbocycles. The minimum absolute atomic E-state index is 0.386. The molecule has 2 heterocycles. The molecule has 0 bridgehead atoms. The molecule has 0 aliphatic heterocycles. The average Bonchev–Trinajstić information content (AvgIpc) is 3.29. The third-order valence-electron chi connectivity index (χ3n) is 5.42. The number of hydrogen-bond donors (Lipinski definition) is 0. The van der Waals surface area contributed by atoms with Crippen molar-refractivity contribution in [1.82, 2.24) is 9.66 Å². The van der Waals surface area contributed by atoms with Crippen LogP contribution in [0.2, 0.25) is 0 Å². The van der Waals surface area contributed by atoms with Gasteiger partial charge in [-0.3, -0.25) is 4.98 Å². The monoisotopic (exact) mass is 504 g/mol. The summed E-state index contributed by atoms with van der Waals surface area (Å²) in [7, 11) is 1.58. The highest BCUT2D eigenvalue weighted by atomic mass is 32.1. The summed E-state index contributed by atoms with van der Waals surface area (Å²) in [5, 5.41) is 7.33. The van der Waals surface area contributed by atoms with Crippen LogP contribution in [-0.4, -0.2) is 23.0 Å². The van der Waals surface area contributed by atoms with Gasteiger partial charge in [-0.25, -0.2) is 9.67 Å². The summed E-state index contributed by atoms with van der Waals surface area (Å²) in [6.07, 6.45) is -1.07. The fourth-order valence-electron chi connectivity index (χ4n) is 3.61. The topological polar surface area (TPSA) is 51.8 Å². The highest BCUT2D eigenvalue weighted by Gasteiger charge is 2.30. The zero-order valence-corrected chi connectivity index (χ0v) is 19.8. The molecule has 5 rings (SSSR count). The number of pyridine rings is 1. The van der Waals surface area contributed by atoms with Gasteiger partial charge in [0.2, 0.25) is 4.80 Å². The minimum Gasteiger partial charge on any atom is -0.497 e. The van der Waals surface area contributed by atoms with Gasteiger partial charge in [0.15, 0.2) is 0 Å². The third-order valence-corrected chi connectivity index (χ3v) is 6.23. The van der Waals surface area contributed by atoms with Gasteiger partial charge in [0.05, 0.1) is 35.8 Å². The second kappa shape index (κ2) is 9.79. The summed E-state index contributed by atoms with van der Waals surface area (Å²) >= 11 is 1.29. The molecular formula is C27H19F3N4OS. The number of alkyl halides is 3. The second-order valence-electron chi connectivity index (χ2n) is 7.80. The first-order valence-corrected chi connectivity index (χ1v) is 11.7. The predicted molar refractivity (Wildman–Crippen MR) is 136 cm³/mol. The van der Waals surface area contributed by atoms with Crippen molar-refractivity contribution in [2.75, 3.05) is 7.11 Å². The zero-order valence-electron chi connectivity index (χ0n) is 19.0. The minimum atomic E-state index is -4.45. The maximum atomic E-state index is 13.4. The Bertz CT molecular complexity index is 1620. The summed E-state index contributed by atoms with van der Waals surface area (Å²) < 4.78 is 46.9. The lowest BCUT2D eigenvalue weighted by molar-refractivity contribution is -0.137. The zero-order chi connectivity index (χ0) is 25.1. The van der Waals surface area contributed by atoms with Crippen molar-refractivity contribution < 1.29 is 17.9 Å². The van der Waals surface area contributed by atoms with Gasteiger partial charge in [-0.1, -0.05) is 24.3 Å². The Kier molecular flexibility index (Phi) is 6.39. The van der Waals surface area contributed by atoms with Crippen molar-refractivity contribution in [3.8, 4) is 17.0 Å². The first kappa shape index (κ1) is 23.5. The van der Waals surface area contributed by atoms with Gasteiger partial charge in [-0.05, 0) is 60.2 Å². The first-order valence-electron chi connectivity index (χ1n) is 10.9. The highest BCUT2D eigenvalue weighted by molar-refractivity contribution is 7.07. The summed E-state index contributed by atoms with van der Waals surface area (Å²) in [4.78, 5) is 9.51. The SMILES string of the molecule is COc1ccc(N=c2scc(-c3cccc(C(F)(F)F)c3)n2N=Cc2ccc3ncccc3c2)cc1. The van der Waals surface area contributed by atoms with Crippen LogP contribution in [0, 0.1) is 0 Å². The molecule has 3 aromatic carbocycles. The van der Waals surface area contributed by atoms with E-state index in [1.165, 1.54) is 17.4 Å². The molecule has 0 amide bonds. The Morgan fingerprint density at radius 2 is 1.81 bits per heavy atom. The predicted octanol–water partition coefficient (Wildman–Crippen LogP) is 6.91. The summed E-state index contributed by atoms with van der Waals surface area (Å²) in [6, 6.07) is 21.9. The van der Waals surface area contributed by atoms with Gasteiger partial charge in [0, 0.05) is 22.5 Å². The largest absolute Gasteiger partial charge is 0.497 e. The van der Waals surface area contributed by atoms with Crippen LogP contribution in [0.5, 0.6) is 5.75 Å². The Morgan fingerprint density at radius 1 is 0.972 bits per heavy atom. The molecule has 0 aliphatic rings. The lowest BCUT2D eigenvalue weighted by Crippen LogP contribution is -2.12. The van der Waals surface area contributed by atoms with Gasteiger partial charge in [-0.2, -0.15) is 18.3 Å². The van der Waals surface area contributed by atoms with E-state index in [0.29, 0.717) is 27.5 Å². The van der Waals surface area contributed by atoms with Gasteiger partial charge < -0.3 is 4.74 Å². The third kappa shape index (κ3) is 5.06. The van der Waals surface area contributed by atoms with Crippen LogP contribution in [0.1, 0.15) is 11.1 Å². The van der Waals surface area contributed by atoms with Crippen molar-refractivity contribution in [1.29, 1.82) is 0 Å². The molecule has 2 aromatic heterocycles. The molecule has 0 unspecified atom stereocenters. The van der Waals surface area contributed by atoms with Gasteiger partial charge in [0.25, 0.3) is 0 Å². The van der Waals surface area contributed by atoms with E-state index in [-0.39, 0.29) is 0 Å². The first-order chi connectivity index (χ1) is 17.4. The number of halogens is 3. The molecule has 5 nitrogen and oxygen atoms in total. The van der Waals surface area contributed by atoms with Crippen molar-refractivity contribution >= 4 is 34.1 Å². The molecular weight excluding hydrogens is 485 g/mol. The lowest BCUT2D eigenvalue weighted by atomic mass is 10.1. The van der Waals surface area contributed by atoms with E-state index in [0.717, 1.165) is 28.6 Å². The van der Waals surface area contributed by atoms with Crippen molar-refractivity contribution in [2.45, 2.75) is 6.18 Å². The number of thiazole rings is 1. The van der Waals surface area contributed by atoms with Crippen LogP contribution in [0.25, 0.3) is 22.2 Å². The van der Waals surface area contributed by atoms with Crippen LogP contribution < -0.4 is 9.54 Å². The Balaban J connectivity index is 1.62. The fourth-order valence-corrected chi connectivity index (χ4v) is 4.46. The van der Waals surface area contributed by atoms with E-state index in [1.54, 1.807) is 59.9 Å². The lowest BCUT2D eigenvalue weighted by Gasteiger charge is -2.09. The summed E-state index contributed by atoms with van der Waals surface area (Å²) in [5.74, 6) is 0.696. The van der Waals surface area contributed by atoms with Gasteiger partial charge >= 0.3 is 6.18 Å². The normalized spacial score (nSPS) is 12.5. The smallest absolute Gasteiger partial charge is 0.416 e. The van der Waals surface area contributed by atoms with Crippen LogP contribution in [0.15, 0.2) is 101 Å². The summed E-state index contributed by atoms with van der Waals surface area (Å²) in [5.41, 5.74) is 2.50. The van der Waals surface area contributed by atoms with Gasteiger partial charge in [-0.15, -0.1) is 11.3 Å². The van der Waals surface area contributed by atoms with E-state index < -0.39 is 11.7 Å². The molecule has 0 atom stereocenters. The van der Waals surface area contributed by atoms with Crippen LogP contribution in [0.4, 0.5) is 18.9 Å². The van der Waals surface area contributed by atoms with E-state index >= 15 is 0 Å². The van der Waals surface area contributed by atoms with Crippen molar-refractivity contribution in [3.05, 3.63) is 106 Å². The van der Waals surface area contributed by atoms with Crippen molar-refractivity contribution in [3.63, 3.8) is 0 Å². The molecule has 5 aromatic rings. The van der Waals surface area contributed by atoms with Gasteiger partial charge in [0.1, 0.15) is 5.75 Å². The van der Waals surface area contributed by atoms with E-state index in [4.69, 9.17) is 4.74 Å².